The van der Waals surface area contributed by atoms with Crippen LogP contribution >= 0.6 is 0 Å². The van der Waals surface area contributed by atoms with E-state index >= 15 is 0 Å². The second-order valence-electron chi connectivity index (χ2n) is 4.79. The summed E-state index contributed by atoms with van der Waals surface area (Å²) in [7, 11) is 0. The molecule has 4 heteroatoms. The Morgan fingerprint density at radius 1 is 1.10 bits per heavy atom. The monoisotopic (exact) mass is 277 g/mol. The Labute approximate surface area is 122 Å². The Hall–Kier alpha value is -2.88. The van der Waals surface area contributed by atoms with E-state index in [9.17, 15) is 4.79 Å². The summed E-state index contributed by atoms with van der Waals surface area (Å²) in [4.78, 5) is 15.5. The summed E-state index contributed by atoms with van der Waals surface area (Å²) in [5, 5.41) is 4.44. The Morgan fingerprint density at radius 3 is 2.81 bits per heavy atom. The molecule has 3 aromatic rings. The number of amides is 1. The minimum absolute atomic E-state index is 0.423. The number of nitrogens with one attached hydrogen (secondary N) is 1. The number of carbonyl (C=O) groups excluding carboxylic acids is 1. The number of hydrogen-bond acceptors (Lipinski definition) is 3. The number of nitrogens with zero attached hydrogens (tertiary/aromatic N) is 1. The summed E-state index contributed by atoms with van der Waals surface area (Å²) >= 11 is 0. The van der Waals surface area contributed by atoms with Gasteiger partial charge in [-0.1, -0.05) is 24.3 Å². The van der Waals surface area contributed by atoms with Crippen molar-refractivity contribution in [2.45, 2.75) is 6.54 Å². The molecule has 2 aromatic carbocycles. The summed E-state index contributed by atoms with van der Waals surface area (Å²) in [5.41, 5.74) is 8.79. The number of anilines is 1. The van der Waals surface area contributed by atoms with E-state index in [-0.39, 0.29) is 0 Å². The Bertz CT molecular complexity index is 793. The predicted molar refractivity (Wildman–Crippen MR) is 84.0 cm³/mol. The maximum atomic E-state index is 11.2. The molecule has 3 N–H and O–H groups in total. The second-order valence-corrected chi connectivity index (χ2v) is 4.79. The lowest BCUT2D eigenvalue weighted by atomic mass is 10.1. The molecule has 0 saturated heterocycles. The number of hydrogen-bond donors (Lipinski definition) is 2. The van der Waals surface area contributed by atoms with Crippen molar-refractivity contribution in [3.8, 4) is 0 Å². The molecule has 0 bridgehead atoms. The van der Waals surface area contributed by atoms with Crippen molar-refractivity contribution in [3.05, 3.63) is 71.9 Å². The van der Waals surface area contributed by atoms with Crippen LogP contribution < -0.4 is 11.1 Å². The van der Waals surface area contributed by atoms with Gasteiger partial charge in [0.25, 0.3) is 0 Å². The lowest BCUT2D eigenvalue weighted by Crippen LogP contribution is -2.11. The minimum Gasteiger partial charge on any atom is -0.381 e. The van der Waals surface area contributed by atoms with Gasteiger partial charge in [-0.25, -0.2) is 0 Å². The van der Waals surface area contributed by atoms with E-state index in [0.29, 0.717) is 12.1 Å². The normalized spacial score (nSPS) is 10.5. The zero-order valence-electron chi connectivity index (χ0n) is 11.4. The highest BCUT2D eigenvalue weighted by Gasteiger charge is 2.03. The van der Waals surface area contributed by atoms with Gasteiger partial charge in [0.05, 0.1) is 5.52 Å². The third kappa shape index (κ3) is 2.84. The summed E-state index contributed by atoms with van der Waals surface area (Å²) in [5.74, 6) is -0.423. The van der Waals surface area contributed by atoms with Crippen LogP contribution in [0.4, 0.5) is 5.69 Å². The average Bonchev–Trinajstić information content (AvgIpc) is 2.53. The predicted octanol–water partition coefficient (Wildman–Crippen LogP) is 2.95. The average molecular weight is 277 g/mol. The maximum absolute atomic E-state index is 11.2. The molecule has 0 fully saturated rings. The molecule has 1 aromatic heterocycles. The first-order valence-corrected chi connectivity index (χ1v) is 6.70. The number of benzene rings is 2. The molecule has 0 aliphatic rings. The van der Waals surface area contributed by atoms with Gasteiger partial charge in [0.15, 0.2) is 0 Å². The molecule has 104 valence electrons. The van der Waals surface area contributed by atoms with E-state index in [1.807, 2.05) is 36.4 Å². The summed E-state index contributed by atoms with van der Waals surface area (Å²) in [6, 6.07) is 17.2. The molecule has 4 nitrogen and oxygen atoms in total. The summed E-state index contributed by atoms with van der Waals surface area (Å²) in [6.07, 6.45) is 1.80. The molecule has 1 amide bonds. The van der Waals surface area contributed by atoms with Crippen LogP contribution in [0.1, 0.15) is 15.9 Å². The van der Waals surface area contributed by atoms with Gasteiger partial charge in [0.2, 0.25) is 5.91 Å². The first kappa shape index (κ1) is 13.1. The summed E-state index contributed by atoms with van der Waals surface area (Å²) < 4.78 is 0. The topological polar surface area (TPSA) is 68.0 Å². The third-order valence-electron chi connectivity index (χ3n) is 3.37. The second kappa shape index (κ2) is 5.63. The maximum Gasteiger partial charge on any atom is 0.248 e. The van der Waals surface area contributed by atoms with Gasteiger partial charge in [0, 0.05) is 29.4 Å². The fraction of sp³-hybridized carbons (Fsp3) is 0.0588. The van der Waals surface area contributed by atoms with Crippen LogP contribution in [0.5, 0.6) is 0 Å². The van der Waals surface area contributed by atoms with Crippen molar-refractivity contribution in [1.82, 2.24) is 4.98 Å². The van der Waals surface area contributed by atoms with Crippen molar-refractivity contribution in [1.29, 1.82) is 0 Å². The van der Waals surface area contributed by atoms with Gasteiger partial charge >= 0.3 is 0 Å². The number of fused-ring (bicyclic) bond motifs is 1. The fourth-order valence-corrected chi connectivity index (χ4v) is 2.29. The number of primary amides is 1. The number of carbonyl (C=O) groups is 1. The number of rotatable bonds is 4. The van der Waals surface area contributed by atoms with E-state index in [0.717, 1.165) is 22.2 Å². The van der Waals surface area contributed by atoms with Crippen LogP contribution in [0.3, 0.4) is 0 Å². The van der Waals surface area contributed by atoms with Gasteiger partial charge in [-0.15, -0.1) is 0 Å². The van der Waals surface area contributed by atoms with E-state index in [2.05, 4.69) is 16.4 Å². The molecule has 1 heterocycles. The lowest BCUT2D eigenvalue weighted by Gasteiger charge is -2.09. The molecule has 0 aliphatic heterocycles. The Morgan fingerprint density at radius 2 is 1.95 bits per heavy atom. The van der Waals surface area contributed by atoms with Crippen LogP contribution in [0, 0.1) is 0 Å². The highest BCUT2D eigenvalue weighted by molar-refractivity contribution is 5.93. The first-order chi connectivity index (χ1) is 10.2. The van der Waals surface area contributed by atoms with Gasteiger partial charge < -0.3 is 11.1 Å². The Balaban J connectivity index is 1.84. The zero-order valence-corrected chi connectivity index (χ0v) is 11.4. The third-order valence-corrected chi connectivity index (χ3v) is 3.37. The van der Waals surface area contributed by atoms with Crippen molar-refractivity contribution in [2.75, 3.05) is 5.32 Å². The molecule has 0 unspecified atom stereocenters. The van der Waals surface area contributed by atoms with E-state index in [1.165, 1.54) is 0 Å². The standard InChI is InChI=1S/C17H15N3O/c18-17(21)12-4-3-5-14(10-12)20-11-13-8-9-19-16-7-2-1-6-15(13)16/h1-10,20H,11H2,(H2,18,21). The molecule has 0 aliphatic carbocycles. The lowest BCUT2D eigenvalue weighted by molar-refractivity contribution is 0.100. The van der Waals surface area contributed by atoms with E-state index in [1.54, 1.807) is 18.3 Å². The van der Waals surface area contributed by atoms with Crippen LogP contribution in [0.2, 0.25) is 0 Å². The molecule has 0 saturated carbocycles. The molecular weight excluding hydrogens is 262 g/mol. The first-order valence-electron chi connectivity index (χ1n) is 6.70. The number of aromatic nitrogens is 1. The molecule has 0 spiro atoms. The van der Waals surface area contributed by atoms with Crippen LogP contribution in [0.15, 0.2) is 60.8 Å². The molecule has 21 heavy (non-hydrogen) atoms. The van der Waals surface area contributed by atoms with Gasteiger partial charge in [-0.05, 0) is 35.9 Å². The van der Waals surface area contributed by atoms with Crippen molar-refractivity contribution in [3.63, 3.8) is 0 Å². The van der Waals surface area contributed by atoms with Gasteiger partial charge in [-0.2, -0.15) is 0 Å². The van der Waals surface area contributed by atoms with Crippen LogP contribution in [-0.4, -0.2) is 10.9 Å². The van der Waals surface area contributed by atoms with Crippen molar-refractivity contribution in [2.24, 2.45) is 5.73 Å². The minimum atomic E-state index is -0.423. The zero-order chi connectivity index (χ0) is 14.7. The van der Waals surface area contributed by atoms with Crippen molar-refractivity contribution < 1.29 is 4.79 Å². The number of para-hydroxylation sites is 1. The molecule has 0 radical (unpaired) electrons. The van der Waals surface area contributed by atoms with Gasteiger partial charge in [0.1, 0.15) is 0 Å². The SMILES string of the molecule is NC(=O)c1cccc(NCc2ccnc3ccccc23)c1. The van der Waals surface area contributed by atoms with E-state index < -0.39 is 5.91 Å². The Kier molecular flexibility index (Phi) is 3.51. The molecular formula is C17H15N3O. The quantitative estimate of drug-likeness (QED) is 0.770. The smallest absolute Gasteiger partial charge is 0.248 e. The fourth-order valence-electron chi connectivity index (χ4n) is 2.29. The highest BCUT2D eigenvalue weighted by atomic mass is 16.1. The largest absolute Gasteiger partial charge is 0.381 e. The van der Waals surface area contributed by atoms with Crippen molar-refractivity contribution >= 4 is 22.5 Å². The number of pyridine rings is 1. The van der Waals surface area contributed by atoms with Gasteiger partial charge in [-0.3, -0.25) is 9.78 Å². The molecule has 0 atom stereocenters. The van der Waals surface area contributed by atoms with Crippen LogP contribution in [-0.2, 0) is 6.54 Å². The number of nitrogens with two attached hydrogens (primary N) is 1. The van der Waals surface area contributed by atoms with Crippen LogP contribution in [0.25, 0.3) is 10.9 Å². The van der Waals surface area contributed by atoms with E-state index in [4.69, 9.17) is 5.73 Å². The summed E-state index contributed by atoms with van der Waals surface area (Å²) in [6.45, 7) is 0.658. The molecule has 3 rings (SSSR count). The highest BCUT2D eigenvalue weighted by Crippen LogP contribution is 2.18.